The van der Waals surface area contributed by atoms with E-state index in [2.05, 4.69) is 51.6 Å². The Balaban J connectivity index is 0.00000280. The highest BCUT2D eigenvalue weighted by Crippen LogP contribution is 2.20. The summed E-state index contributed by atoms with van der Waals surface area (Å²) in [5.74, 6) is 3.50. The maximum absolute atomic E-state index is 4.92. The molecule has 2 fully saturated rings. The van der Waals surface area contributed by atoms with Gasteiger partial charge in [-0.25, -0.2) is 9.98 Å². The molecule has 2 saturated heterocycles. The number of guanidine groups is 1. The zero-order chi connectivity index (χ0) is 19.1. The molecule has 3 heterocycles. The van der Waals surface area contributed by atoms with Crippen molar-refractivity contribution in [2.24, 2.45) is 16.8 Å². The standard InChI is InChI=1S/C21H38N6.HI/c1-4-22-21(24-14-20-23-9-13-26(20)15-18(2)3)27-12-8-19(17-27)16-25-10-6-5-7-11-25;/h9,13,18-19H,4-8,10-12,14-17H2,1-3H3,(H,22,24);1H. The van der Waals surface area contributed by atoms with Crippen LogP contribution < -0.4 is 5.32 Å². The number of hydrogen-bond acceptors (Lipinski definition) is 3. The second-order valence-electron chi connectivity index (χ2n) is 8.52. The van der Waals surface area contributed by atoms with E-state index in [4.69, 9.17) is 4.99 Å². The summed E-state index contributed by atoms with van der Waals surface area (Å²) in [4.78, 5) is 14.6. The number of likely N-dealkylation sites (tertiary alicyclic amines) is 2. The van der Waals surface area contributed by atoms with Crippen molar-refractivity contribution in [3.05, 3.63) is 18.2 Å². The molecule has 7 heteroatoms. The number of nitrogens with one attached hydrogen (secondary N) is 1. The summed E-state index contributed by atoms with van der Waals surface area (Å²) in [6, 6.07) is 0. The first-order chi connectivity index (χ1) is 13.2. The van der Waals surface area contributed by atoms with Crippen molar-refractivity contribution in [1.82, 2.24) is 24.7 Å². The van der Waals surface area contributed by atoms with Gasteiger partial charge in [-0.05, 0) is 51.1 Å². The highest BCUT2D eigenvalue weighted by molar-refractivity contribution is 14.0. The smallest absolute Gasteiger partial charge is 0.194 e. The Bertz CT molecular complexity index is 593. The van der Waals surface area contributed by atoms with Gasteiger partial charge in [-0.15, -0.1) is 24.0 Å². The molecule has 0 amide bonds. The Morgan fingerprint density at radius 2 is 2.04 bits per heavy atom. The van der Waals surface area contributed by atoms with E-state index in [0.29, 0.717) is 12.5 Å². The minimum Gasteiger partial charge on any atom is -0.357 e. The number of imidazole rings is 1. The lowest BCUT2D eigenvalue weighted by Gasteiger charge is -2.29. The molecular formula is C21H39IN6. The summed E-state index contributed by atoms with van der Waals surface area (Å²) in [5, 5.41) is 3.50. The van der Waals surface area contributed by atoms with E-state index in [-0.39, 0.29) is 24.0 Å². The Labute approximate surface area is 188 Å². The Morgan fingerprint density at radius 1 is 1.25 bits per heavy atom. The first kappa shape index (κ1) is 23.4. The summed E-state index contributed by atoms with van der Waals surface area (Å²) in [6.45, 7) is 15.3. The number of aromatic nitrogens is 2. The van der Waals surface area contributed by atoms with Crippen molar-refractivity contribution in [3.63, 3.8) is 0 Å². The van der Waals surface area contributed by atoms with Crippen molar-refractivity contribution in [3.8, 4) is 0 Å². The Hall–Kier alpha value is -0.830. The molecule has 1 aromatic rings. The fraction of sp³-hybridized carbons (Fsp3) is 0.810. The fourth-order valence-electron chi connectivity index (χ4n) is 4.30. The maximum atomic E-state index is 4.92. The molecule has 0 saturated carbocycles. The lowest BCUT2D eigenvalue weighted by Crippen LogP contribution is -2.41. The van der Waals surface area contributed by atoms with Crippen LogP contribution in [0.3, 0.4) is 0 Å². The fourth-order valence-corrected chi connectivity index (χ4v) is 4.30. The van der Waals surface area contributed by atoms with Crippen molar-refractivity contribution < 1.29 is 0 Å². The number of halogens is 1. The molecular weight excluding hydrogens is 463 g/mol. The van der Waals surface area contributed by atoms with Crippen LogP contribution in [0.1, 0.15) is 52.3 Å². The second kappa shape index (κ2) is 12.0. The molecule has 0 bridgehead atoms. The zero-order valence-electron chi connectivity index (χ0n) is 17.9. The van der Waals surface area contributed by atoms with E-state index in [0.717, 1.165) is 43.9 Å². The SMILES string of the molecule is CCNC(=NCc1nccn1CC(C)C)N1CCC(CN2CCCCC2)C1.I. The largest absolute Gasteiger partial charge is 0.357 e. The van der Waals surface area contributed by atoms with E-state index < -0.39 is 0 Å². The zero-order valence-corrected chi connectivity index (χ0v) is 20.3. The minimum atomic E-state index is 0. The molecule has 28 heavy (non-hydrogen) atoms. The number of hydrogen-bond donors (Lipinski definition) is 1. The van der Waals surface area contributed by atoms with Gasteiger partial charge in [-0.1, -0.05) is 20.3 Å². The van der Waals surface area contributed by atoms with E-state index in [1.165, 1.54) is 45.3 Å². The first-order valence-electron chi connectivity index (χ1n) is 10.9. The summed E-state index contributed by atoms with van der Waals surface area (Å²) in [5.41, 5.74) is 0. The van der Waals surface area contributed by atoms with Gasteiger partial charge in [-0.2, -0.15) is 0 Å². The van der Waals surface area contributed by atoms with Crippen LogP contribution in [0.25, 0.3) is 0 Å². The molecule has 1 N–H and O–H groups in total. The third-order valence-corrected chi connectivity index (χ3v) is 5.62. The number of piperidine rings is 1. The van der Waals surface area contributed by atoms with Gasteiger partial charge in [0.25, 0.3) is 0 Å². The highest BCUT2D eigenvalue weighted by Gasteiger charge is 2.27. The van der Waals surface area contributed by atoms with E-state index in [1.807, 2.05) is 6.20 Å². The summed E-state index contributed by atoms with van der Waals surface area (Å²) in [7, 11) is 0. The third-order valence-electron chi connectivity index (χ3n) is 5.62. The van der Waals surface area contributed by atoms with Gasteiger partial charge in [0.15, 0.2) is 5.96 Å². The van der Waals surface area contributed by atoms with Gasteiger partial charge in [0, 0.05) is 45.1 Å². The average Bonchev–Trinajstić information content (AvgIpc) is 3.29. The van der Waals surface area contributed by atoms with E-state index in [1.54, 1.807) is 0 Å². The van der Waals surface area contributed by atoms with Crippen LogP contribution in [0.4, 0.5) is 0 Å². The maximum Gasteiger partial charge on any atom is 0.194 e. The summed E-state index contributed by atoms with van der Waals surface area (Å²) >= 11 is 0. The Morgan fingerprint density at radius 3 is 2.75 bits per heavy atom. The van der Waals surface area contributed by atoms with Crippen LogP contribution in [0.2, 0.25) is 0 Å². The van der Waals surface area contributed by atoms with Gasteiger partial charge < -0.3 is 19.7 Å². The van der Waals surface area contributed by atoms with Gasteiger partial charge in [0.1, 0.15) is 12.4 Å². The van der Waals surface area contributed by atoms with E-state index >= 15 is 0 Å². The molecule has 3 rings (SSSR count). The minimum absolute atomic E-state index is 0. The van der Waals surface area contributed by atoms with Gasteiger partial charge in [0.05, 0.1) is 0 Å². The molecule has 6 nitrogen and oxygen atoms in total. The van der Waals surface area contributed by atoms with Crippen LogP contribution in [0.5, 0.6) is 0 Å². The van der Waals surface area contributed by atoms with Crippen LogP contribution in [0.15, 0.2) is 17.4 Å². The van der Waals surface area contributed by atoms with Crippen LogP contribution in [-0.4, -0.2) is 64.6 Å². The van der Waals surface area contributed by atoms with Crippen LogP contribution in [-0.2, 0) is 13.1 Å². The van der Waals surface area contributed by atoms with Crippen molar-refractivity contribution in [2.75, 3.05) is 39.3 Å². The predicted octanol–water partition coefficient (Wildman–Crippen LogP) is 3.43. The molecule has 2 aliphatic rings. The average molecular weight is 502 g/mol. The number of nitrogens with zero attached hydrogens (tertiary/aromatic N) is 5. The third kappa shape index (κ3) is 6.90. The number of rotatable bonds is 7. The molecule has 1 unspecified atom stereocenters. The second-order valence-corrected chi connectivity index (χ2v) is 8.52. The molecule has 0 spiro atoms. The van der Waals surface area contributed by atoms with Crippen molar-refractivity contribution in [2.45, 2.75) is 59.5 Å². The van der Waals surface area contributed by atoms with Crippen molar-refractivity contribution in [1.29, 1.82) is 0 Å². The highest BCUT2D eigenvalue weighted by atomic mass is 127. The van der Waals surface area contributed by atoms with Crippen molar-refractivity contribution >= 4 is 29.9 Å². The summed E-state index contributed by atoms with van der Waals surface area (Å²) < 4.78 is 2.24. The number of aliphatic imine (C=N–C) groups is 1. The first-order valence-corrected chi connectivity index (χ1v) is 10.9. The predicted molar refractivity (Wildman–Crippen MR) is 127 cm³/mol. The Kier molecular flexibility index (Phi) is 10.0. The van der Waals surface area contributed by atoms with E-state index in [9.17, 15) is 0 Å². The van der Waals surface area contributed by atoms with Gasteiger partial charge >= 0.3 is 0 Å². The molecule has 1 aromatic heterocycles. The topological polar surface area (TPSA) is 48.7 Å². The quantitative estimate of drug-likeness (QED) is 0.353. The molecule has 2 aliphatic heterocycles. The van der Waals surface area contributed by atoms with Crippen LogP contribution in [0, 0.1) is 11.8 Å². The molecule has 0 radical (unpaired) electrons. The lowest BCUT2D eigenvalue weighted by molar-refractivity contribution is 0.198. The van der Waals surface area contributed by atoms with Gasteiger partial charge in [-0.3, -0.25) is 0 Å². The normalized spacial score (nSPS) is 21.2. The summed E-state index contributed by atoms with van der Waals surface area (Å²) in [6.07, 6.45) is 9.42. The molecule has 0 aliphatic carbocycles. The molecule has 160 valence electrons. The van der Waals surface area contributed by atoms with Gasteiger partial charge in [0.2, 0.25) is 0 Å². The molecule has 1 atom stereocenters. The monoisotopic (exact) mass is 502 g/mol. The molecule has 0 aromatic carbocycles. The lowest BCUT2D eigenvalue weighted by atomic mass is 10.1. The van der Waals surface area contributed by atoms with Crippen LogP contribution >= 0.6 is 24.0 Å².